The summed E-state index contributed by atoms with van der Waals surface area (Å²) in [4.78, 5) is 5.20. The maximum Gasteiger partial charge on any atom is 0.277 e. The van der Waals surface area contributed by atoms with E-state index in [1.807, 2.05) is 6.08 Å². The number of aliphatic hydroxyl groups is 2. The van der Waals surface area contributed by atoms with E-state index in [0.29, 0.717) is 12.0 Å². The van der Waals surface area contributed by atoms with Crippen LogP contribution < -0.4 is 0 Å². The summed E-state index contributed by atoms with van der Waals surface area (Å²) in [5, 5.41) is 17.6. The summed E-state index contributed by atoms with van der Waals surface area (Å²) in [7, 11) is 0. The van der Waals surface area contributed by atoms with Crippen LogP contribution in [0.15, 0.2) is 23.1 Å². The maximum atomic E-state index is 8.80. The van der Waals surface area contributed by atoms with Crippen molar-refractivity contribution >= 4 is 17.4 Å². The van der Waals surface area contributed by atoms with Gasteiger partial charge in [0.25, 0.3) is 5.95 Å². The molecule has 4 heteroatoms. The van der Waals surface area contributed by atoms with Gasteiger partial charge in [-0.3, -0.25) is 0 Å². The van der Waals surface area contributed by atoms with Gasteiger partial charge >= 0.3 is 0 Å². The highest BCUT2D eigenvalue weighted by Gasteiger charge is 2.13. The number of aromatic nitrogens is 1. The molecular formula is C8H7NO2S. The summed E-state index contributed by atoms with van der Waals surface area (Å²) >= 11 is 1.56. The highest BCUT2D eigenvalue weighted by Crippen LogP contribution is 2.25. The quantitative estimate of drug-likeness (QED) is 0.602. The second kappa shape index (κ2) is 2.64. The van der Waals surface area contributed by atoms with E-state index in [1.54, 1.807) is 22.9 Å². The van der Waals surface area contributed by atoms with Gasteiger partial charge in [0.15, 0.2) is 0 Å². The van der Waals surface area contributed by atoms with Gasteiger partial charge < -0.3 is 10.2 Å². The Labute approximate surface area is 73.3 Å². The van der Waals surface area contributed by atoms with Crippen LogP contribution in [0.3, 0.4) is 0 Å². The van der Waals surface area contributed by atoms with E-state index >= 15 is 0 Å². The number of allylic oxidation sites excluding steroid dienone is 2. The molecule has 0 unspecified atom stereocenters. The Morgan fingerprint density at radius 1 is 1.42 bits per heavy atom. The Hall–Kier alpha value is -1.29. The Morgan fingerprint density at radius 2 is 2.25 bits per heavy atom. The monoisotopic (exact) mass is 181 g/mol. The molecule has 0 radical (unpaired) electrons. The lowest BCUT2D eigenvalue weighted by molar-refractivity contribution is 0.185. The Bertz CT molecular complexity index is 361. The standard InChI is InChI=1S/C8H7NO2S/c10-8(11)5-1-2-7-6(3-5)9-4-12-7/h1-2,4,10-11H,3H2. The fraction of sp³-hybridized carbons (Fsp3) is 0.125. The number of aliphatic hydroxyl groups excluding tert-OH is 1. The first-order valence-corrected chi connectivity index (χ1v) is 4.37. The molecule has 1 heterocycles. The molecule has 0 atom stereocenters. The largest absolute Gasteiger partial charge is 0.481 e. The van der Waals surface area contributed by atoms with Gasteiger partial charge in [0.2, 0.25) is 0 Å². The Morgan fingerprint density at radius 3 is 3.00 bits per heavy atom. The molecule has 0 aromatic carbocycles. The predicted molar refractivity (Wildman–Crippen MR) is 47.1 cm³/mol. The Kier molecular flexibility index (Phi) is 1.62. The third-order valence-electron chi connectivity index (χ3n) is 1.75. The molecule has 3 nitrogen and oxygen atoms in total. The summed E-state index contributed by atoms with van der Waals surface area (Å²) in [5.74, 6) is -0.607. The van der Waals surface area contributed by atoms with Crippen LogP contribution in [-0.2, 0) is 6.42 Å². The van der Waals surface area contributed by atoms with Crippen molar-refractivity contribution in [2.75, 3.05) is 0 Å². The summed E-state index contributed by atoms with van der Waals surface area (Å²) in [5.41, 5.74) is 3.19. The SMILES string of the molecule is OC(O)=C1C=Cc2scnc2C1. The van der Waals surface area contributed by atoms with Crippen molar-refractivity contribution in [1.82, 2.24) is 4.98 Å². The third-order valence-corrected chi connectivity index (χ3v) is 2.59. The van der Waals surface area contributed by atoms with Crippen molar-refractivity contribution in [3.63, 3.8) is 0 Å². The van der Waals surface area contributed by atoms with Crippen LogP contribution in [0.1, 0.15) is 10.6 Å². The molecule has 1 aromatic rings. The lowest BCUT2D eigenvalue weighted by Gasteiger charge is -2.05. The average Bonchev–Trinajstić information content (AvgIpc) is 2.49. The lowest BCUT2D eigenvalue weighted by Crippen LogP contribution is -1.98. The molecule has 0 saturated heterocycles. The summed E-state index contributed by atoms with van der Waals surface area (Å²) in [6.07, 6.45) is 4.06. The van der Waals surface area contributed by atoms with Crippen molar-refractivity contribution in [2.45, 2.75) is 6.42 Å². The van der Waals surface area contributed by atoms with Gasteiger partial charge in [0, 0.05) is 12.0 Å². The predicted octanol–water partition coefficient (Wildman–Crippen LogP) is 2.04. The first-order chi connectivity index (χ1) is 5.77. The van der Waals surface area contributed by atoms with Gasteiger partial charge in [-0.15, -0.1) is 11.3 Å². The fourth-order valence-corrected chi connectivity index (χ4v) is 1.82. The maximum absolute atomic E-state index is 8.80. The Balaban J connectivity index is 2.43. The number of thiazole rings is 1. The normalized spacial score (nSPS) is 14.5. The van der Waals surface area contributed by atoms with Crippen molar-refractivity contribution < 1.29 is 10.2 Å². The molecule has 0 amide bonds. The smallest absolute Gasteiger partial charge is 0.277 e. The lowest BCUT2D eigenvalue weighted by atomic mass is 10.1. The number of rotatable bonds is 0. The zero-order valence-corrected chi connectivity index (χ0v) is 7.01. The minimum absolute atomic E-state index is 0.512. The van der Waals surface area contributed by atoms with Gasteiger partial charge in [-0.25, -0.2) is 4.98 Å². The molecular weight excluding hydrogens is 174 g/mol. The van der Waals surface area contributed by atoms with Gasteiger partial charge in [0.05, 0.1) is 16.1 Å². The van der Waals surface area contributed by atoms with Crippen LogP contribution in [0.4, 0.5) is 0 Å². The van der Waals surface area contributed by atoms with Crippen molar-refractivity contribution in [1.29, 1.82) is 0 Å². The molecule has 12 heavy (non-hydrogen) atoms. The summed E-state index contributed by atoms with van der Waals surface area (Å²) in [6, 6.07) is 0. The van der Waals surface area contributed by atoms with E-state index in [2.05, 4.69) is 4.98 Å². The molecule has 0 saturated carbocycles. The second-order valence-electron chi connectivity index (χ2n) is 2.52. The second-order valence-corrected chi connectivity index (χ2v) is 3.41. The van der Waals surface area contributed by atoms with Crippen LogP contribution in [0.5, 0.6) is 0 Å². The topological polar surface area (TPSA) is 53.4 Å². The van der Waals surface area contributed by atoms with E-state index in [1.165, 1.54) is 0 Å². The molecule has 1 aromatic heterocycles. The van der Waals surface area contributed by atoms with Gasteiger partial charge in [0.1, 0.15) is 0 Å². The van der Waals surface area contributed by atoms with Gasteiger partial charge in [-0.05, 0) is 6.08 Å². The highest BCUT2D eigenvalue weighted by molar-refractivity contribution is 7.10. The number of hydrogen-bond donors (Lipinski definition) is 2. The van der Waals surface area contributed by atoms with Crippen molar-refractivity contribution in [2.24, 2.45) is 0 Å². The van der Waals surface area contributed by atoms with Crippen molar-refractivity contribution in [3.05, 3.63) is 33.7 Å². The fourth-order valence-electron chi connectivity index (χ4n) is 1.12. The number of fused-ring (bicyclic) bond motifs is 1. The first kappa shape index (κ1) is 7.36. The van der Waals surface area contributed by atoms with E-state index in [0.717, 1.165) is 10.6 Å². The van der Waals surface area contributed by atoms with E-state index in [9.17, 15) is 0 Å². The van der Waals surface area contributed by atoms with Crippen molar-refractivity contribution in [3.8, 4) is 0 Å². The molecule has 2 N–H and O–H groups in total. The van der Waals surface area contributed by atoms with Crippen LogP contribution in [0, 0.1) is 0 Å². The van der Waals surface area contributed by atoms with E-state index in [-0.39, 0.29) is 0 Å². The van der Waals surface area contributed by atoms with Crippen LogP contribution >= 0.6 is 11.3 Å². The minimum Gasteiger partial charge on any atom is -0.481 e. The van der Waals surface area contributed by atoms with Crippen LogP contribution in [-0.4, -0.2) is 15.2 Å². The molecule has 0 spiro atoms. The summed E-state index contributed by atoms with van der Waals surface area (Å²) < 4.78 is 0. The molecule has 1 aliphatic carbocycles. The molecule has 0 fully saturated rings. The molecule has 0 aliphatic heterocycles. The van der Waals surface area contributed by atoms with Gasteiger partial charge in [-0.1, -0.05) is 6.08 Å². The zero-order chi connectivity index (χ0) is 8.55. The van der Waals surface area contributed by atoms with Gasteiger partial charge in [-0.2, -0.15) is 0 Å². The first-order valence-electron chi connectivity index (χ1n) is 3.49. The van der Waals surface area contributed by atoms with E-state index < -0.39 is 5.95 Å². The molecule has 0 bridgehead atoms. The number of nitrogens with zero attached hydrogens (tertiary/aromatic N) is 1. The van der Waals surface area contributed by atoms with Crippen LogP contribution in [0.2, 0.25) is 0 Å². The number of hydrogen-bond acceptors (Lipinski definition) is 4. The molecule has 2 rings (SSSR count). The minimum atomic E-state index is -0.607. The average molecular weight is 181 g/mol. The molecule has 1 aliphatic rings. The highest BCUT2D eigenvalue weighted by atomic mass is 32.1. The van der Waals surface area contributed by atoms with E-state index in [4.69, 9.17) is 10.2 Å². The van der Waals surface area contributed by atoms with Crippen LogP contribution in [0.25, 0.3) is 6.08 Å². The summed E-state index contributed by atoms with van der Waals surface area (Å²) in [6.45, 7) is 0. The molecule has 62 valence electrons. The zero-order valence-electron chi connectivity index (χ0n) is 6.19. The third kappa shape index (κ3) is 1.10.